The number of carbonyl (C=O) groups is 1. The van der Waals surface area contributed by atoms with Crippen molar-refractivity contribution in [1.82, 2.24) is 19.7 Å². The van der Waals surface area contributed by atoms with E-state index in [1.165, 1.54) is 0 Å². The Kier molecular flexibility index (Phi) is 7.16. The molecule has 2 aromatic carbocycles. The van der Waals surface area contributed by atoms with E-state index in [2.05, 4.69) is 21.6 Å². The van der Waals surface area contributed by atoms with Crippen molar-refractivity contribution >= 4 is 17.2 Å². The van der Waals surface area contributed by atoms with Crippen LogP contribution in [0.3, 0.4) is 0 Å². The Labute approximate surface area is 211 Å². The topological polar surface area (TPSA) is 94.5 Å². The maximum absolute atomic E-state index is 12.5. The van der Waals surface area contributed by atoms with Crippen LogP contribution in [0.2, 0.25) is 0 Å². The Morgan fingerprint density at radius 3 is 2.69 bits per heavy atom. The van der Waals surface area contributed by atoms with Crippen LogP contribution < -0.4 is 15.8 Å². The second-order valence-electron chi connectivity index (χ2n) is 9.49. The number of rotatable bonds is 8. The van der Waals surface area contributed by atoms with Crippen LogP contribution in [-0.4, -0.2) is 26.8 Å². The highest BCUT2D eigenvalue weighted by Gasteiger charge is 2.30. The fourth-order valence-electron chi connectivity index (χ4n) is 5.06. The van der Waals surface area contributed by atoms with Gasteiger partial charge in [0.25, 0.3) is 0 Å². The number of amides is 1. The number of nitrogens with zero attached hydrogens (tertiary/aromatic N) is 3. The van der Waals surface area contributed by atoms with Crippen molar-refractivity contribution in [2.45, 2.75) is 51.6 Å². The third kappa shape index (κ3) is 5.05. The van der Waals surface area contributed by atoms with E-state index in [9.17, 15) is 4.79 Å². The van der Waals surface area contributed by atoms with Crippen LogP contribution in [0.5, 0.6) is 5.75 Å². The molecular weight excluding hydrogens is 450 g/mol. The van der Waals surface area contributed by atoms with Gasteiger partial charge in [-0.2, -0.15) is 0 Å². The van der Waals surface area contributed by atoms with E-state index in [1.54, 1.807) is 6.20 Å². The molecule has 0 saturated heterocycles. The monoisotopic (exact) mass is 483 g/mol. The normalized spacial score (nSPS) is 17.7. The average Bonchev–Trinajstić information content (AvgIpc) is 3.32. The number of carbonyl (C=O) groups excluding carboxylic acids is 1. The number of benzene rings is 2. The summed E-state index contributed by atoms with van der Waals surface area (Å²) < 4.78 is 8.14. The fraction of sp³-hybridized carbons (Fsp3) is 0.345. The highest BCUT2D eigenvalue weighted by molar-refractivity contribution is 5.85. The number of hydrogen-bond acceptors (Lipinski definition) is 5. The summed E-state index contributed by atoms with van der Waals surface area (Å²) in [4.78, 5) is 21.9. The van der Waals surface area contributed by atoms with E-state index in [1.807, 2.05) is 60.8 Å². The molecular formula is C29H33N5O2. The van der Waals surface area contributed by atoms with E-state index >= 15 is 0 Å². The van der Waals surface area contributed by atoms with Gasteiger partial charge in [-0.05, 0) is 49.8 Å². The lowest BCUT2D eigenvalue weighted by molar-refractivity contribution is -0.126. The molecule has 2 heterocycles. The predicted octanol–water partition coefficient (Wildman–Crippen LogP) is 5.36. The van der Waals surface area contributed by atoms with Gasteiger partial charge in [-0.15, -0.1) is 0 Å². The van der Waals surface area contributed by atoms with Crippen molar-refractivity contribution in [1.29, 1.82) is 0 Å². The van der Waals surface area contributed by atoms with E-state index in [4.69, 9.17) is 15.5 Å². The number of aromatic nitrogens is 3. The quantitative estimate of drug-likeness (QED) is 0.352. The third-order valence-electron chi connectivity index (χ3n) is 6.98. The molecule has 4 aromatic rings. The lowest BCUT2D eigenvalue weighted by atomic mass is 9.81. The molecule has 7 nitrogen and oxygen atoms in total. The van der Waals surface area contributed by atoms with Crippen molar-refractivity contribution in [3.63, 3.8) is 0 Å². The number of imidazole rings is 1. The number of nitrogens with two attached hydrogens (primary N) is 1. The van der Waals surface area contributed by atoms with E-state index < -0.39 is 0 Å². The second kappa shape index (κ2) is 10.8. The van der Waals surface area contributed by atoms with Crippen molar-refractivity contribution in [2.24, 2.45) is 5.92 Å². The molecule has 1 fully saturated rings. The van der Waals surface area contributed by atoms with Gasteiger partial charge in [-0.25, -0.2) is 9.97 Å². The summed E-state index contributed by atoms with van der Waals surface area (Å²) in [6.07, 6.45) is 8.20. The number of nitrogen functional groups attached to an aromatic ring is 1. The van der Waals surface area contributed by atoms with Crippen LogP contribution >= 0.6 is 0 Å². The smallest absolute Gasteiger partial charge is 0.223 e. The number of ether oxygens (including phenoxy) is 1. The minimum absolute atomic E-state index is 0.0867. The zero-order valence-electron chi connectivity index (χ0n) is 20.7. The van der Waals surface area contributed by atoms with Gasteiger partial charge in [-0.3, -0.25) is 9.20 Å². The van der Waals surface area contributed by atoms with Gasteiger partial charge in [0.15, 0.2) is 0 Å². The predicted molar refractivity (Wildman–Crippen MR) is 142 cm³/mol. The first kappa shape index (κ1) is 23.9. The Morgan fingerprint density at radius 2 is 1.92 bits per heavy atom. The van der Waals surface area contributed by atoms with Crippen LogP contribution in [0.25, 0.3) is 16.8 Å². The van der Waals surface area contributed by atoms with E-state index in [0.717, 1.165) is 72.6 Å². The molecule has 0 bridgehead atoms. The summed E-state index contributed by atoms with van der Waals surface area (Å²) in [5.74, 6) is 2.75. The molecule has 1 aliphatic carbocycles. The van der Waals surface area contributed by atoms with Crippen LogP contribution in [0.15, 0.2) is 67.0 Å². The summed E-state index contributed by atoms with van der Waals surface area (Å²) in [7, 11) is 0. The van der Waals surface area contributed by atoms with Gasteiger partial charge < -0.3 is 15.8 Å². The van der Waals surface area contributed by atoms with Gasteiger partial charge in [0, 0.05) is 36.3 Å². The van der Waals surface area contributed by atoms with Gasteiger partial charge in [-0.1, -0.05) is 49.4 Å². The average molecular weight is 484 g/mol. The first-order valence-corrected chi connectivity index (χ1v) is 12.8. The second-order valence-corrected chi connectivity index (χ2v) is 9.49. The molecule has 0 aliphatic heterocycles. The number of hydrogen-bond donors (Lipinski definition) is 2. The summed E-state index contributed by atoms with van der Waals surface area (Å²) in [5.41, 5.74) is 10.0. The van der Waals surface area contributed by atoms with E-state index in [-0.39, 0.29) is 17.7 Å². The zero-order valence-corrected chi connectivity index (χ0v) is 20.7. The SMILES string of the molecule is CCCNC(=O)C1CCC(c2nc(-c3cccc(OCc4ccccc4)c3)c3c(N)nccn23)CC1. The zero-order chi connectivity index (χ0) is 24.9. The molecule has 0 unspecified atom stereocenters. The first-order valence-electron chi connectivity index (χ1n) is 12.8. The summed E-state index contributed by atoms with van der Waals surface area (Å²) >= 11 is 0. The first-order chi connectivity index (χ1) is 17.6. The maximum Gasteiger partial charge on any atom is 0.223 e. The molecule has 0 radical (unpaired) electrons. The minimum atomic E-state index is 0.0867. The fourth-order valence-corrected chi connectivity index (χ4v) is 5.06. The Hall–Kier alpha value is -3.87. The van der Waals surface area contributed by atoms with Crippen molar-refractivity contribution in [3.05, 3.63) is 78.4 Å². The highest BCUT2D eigenvalue weighted by atomic mass is 16.5. The highest BCUT2D eigenvalue weighted by Crippen LogP contribution is 2.39. The standard InChI is InChI=1S/C29H33N5O2/c1-2-15-32-29(35)22-13-11-21(12-14-22)28-33-25(26-27(30)31-16-17-34(26)28)23-9-6-10-24(18-23)36-19-20-7-4-3-5-8-20/h3-10,16-18,21-22H,2,11-15,19H2,1H3,(H2,30,31)(H,32,35). The molecule has 1 amide bonds. The largest absolute Gasteiger partial charge is 0.489 e. The molecule has 0 atom stereocenters. The van der Waals surface area contributed by atoms with Gasteiger partial charge >= 0.3 is 0 Å². The molecule has 186 valence electrons. The van der Waals surface area contributed by atoms with Crippen LogP contribution in [0.4, 0.5) is 5.82 Å². The van der Waals surface area contributed by atoms with Crippen molar-refractivity contribution < 1.29 is 9.53 Å². The van der Waals surface area contributed by atoms with Gasteiger partial charge in [0.2, 0.25) is 5.91 Å². The van der Waals surface area contributed by atoms with Gasteiger partial charge in [0.05, 0.1) is 0 Å². The molecule has 36 heavy (non-hydrogen) atoms. The summed E-state index contributed by atoms with van der Waals surface area (Å²) in [6.45, 7) is 3.31. The molecule has 1 aliphatic rings. The Bertz CT molecular complexity index is 1330. The molecule has 0 spiro atoms. The molecule has 2 aromatic heterocycles. The summed E-state index contributed by atoms with van der Waals surface area (Å²) in [6, 6.07) is 18.1. The Balaban J connectivity index is 1.40. The third-order valence-corrected chi connectivity index (χ3v) is 6.98. The maximum atomic E-state index is 12.5. The lowest BCUT2D eigenvalue weighted by Crippen LogP contribution is -2.33. The molecule has 7 heteroatoms. The molecule has 5 rings (SSSR count). The number of anilines is 1. The van der Waals surface area contributed by atoms with Crippen molar-refractivity contribution in [2.75, 3.05) is 12.3 Å². The van der Waals surface area contributed by atoms with Crippen molar-refractivity contribution in [3.8, 4) is 17.0 Å². The lowest BCUT2D eigenvalue weighted by Gasteiger charge is -2.27. The number of fused-ring (bicyclic) bond motifs is 1. The number of nitrogens with one attached hydrogen (secondary N) is 1. The summed E-state index contributed by atoms with van der Waals surface area (Å²) in [5, 5.41) is 3.05. The van der Waals surface area contributed by atoms with Crippen LogP contribution in [0.1, 0.15) is 56.3 Å². The Morgan fingerprint density at radius 1 is 1.11 bits per heavy atom. The van der Waals surface area contributed by atoms with E-state index in [0.29, 0.717) is 12.4 Å². The minimum Gasteiger partial charge on any atom is -0.489 e. The molecule has 3 N–H and O–H groups in total. The van der Waals surface area contributed by atoms with Gasteiger partial charge in [0.1, 0.15) is 35.2 Å². The van der Waals surface area contributed by atoms with Crippen LogP contribution in [-0.2, 0) is 11.4 Å². The van der Waals surface area contributed by atoms with Crippen LogP contribution in [0, 0.1) is 5.92 Å². The molecule has 1 saturated carbocycles.